The van der Waals surface area contributed by atoms with Crippen LogP contribution in [0.2, 0.25) is 5.02 Å². The van der Waals surface area contributed by atoms with E-state index in [9.17, 15) is 26.7 Å². The molecule has 1 aliphatic heterocycles. The second-order valence-electron chi connectivity index (χ2n) is 5.90. The predicted molar refractivity (Wildman–Crippen MR) is 96.1 cm³/mol. The van der Waals surface area contributed by atoms with Crippen LogP contribution in [0.5, 0.6) is 11.6 Å². The van der Waals surface area contributed by atoms with Crippen molar-refractivity contribution in [2.45, 2.75) is 17.3 Å². The Kier molecular flexibility index (Phi) is 5.97. The maximum absolute atomic E-state index is 12.7. The molecule has 14 heteroatoms. The van der Waals surface area contributed by atoms with E-state index >= 15 is 0 Å². The highest BCUT2D eigenvalue weighted by Gasteiger charge is 2.34. The van der Waals surface area contributed by atoms with Gasteiger partial charge >= 0.3 is 6.36 Å². The van der Waals surface area contributed by atoms with E-state index in [1.165, 1.54) is 0 Å². The molecule has 0 aliphatic carbocycles. The summed E-state index contributed by atoms with van der Waals surface area (Å²) in [6.07, 6.45) is -4.14. The molecule has 9 nitrogen and oxygen atoms in total. The van der Waals surface area contributed by atoms with Crippen LogP contribution < -0.4 is 19.3 Å². The molecule has 1 aromatic heterocycles. The van der Waals surface area contributed by atoms with Gasteiger partial charge in [-0.3, -0.25) is 9.71 Å². The third-order valence-electron chi connectivity index (χ3n) is 3.68. The van der Waals surface area contributed by atoms with E-state index in [0.29, 0.717) is 0 Å². The van der Waals surface area contributed by atoms with Crippen molar-refractivity contribution in [1.29, 1.82) is 0 Å². The van der Waals surface area contributed by atoms with Crippen LogP contribution in [0.3, 0.4) is 0 Å². The van der Waals surface area contributed by atoms with Crippen LogP contribution in [0, 0.1) is 0 Å². The van der Waals surface area contributed by atoms with Gasteiger partial charge in [0.15, 0.2) is 0 Å². The highest BCUT2D eigenvalue weighted by molar-refractivity contribution is 7.92. The number of benzene rings is 1. The van der Waals surface area contributed by atoms with Crippen LogP contribution in [-0.2, 0) is 10.0 Å². The van der Waals surface area contributed by atoms with Crippen LogP contribution in [0.1, 0.15) is 5.56 Å². The van der Waals surface area contributed by atoms with Crippen molar-refractivity contribution in [2.24, 2.45) is 4.99 Å². The minimum absolute atomic E-state index is 0.117. The zero-order valence-corrected chi connectivity index (χ0v) is 16.3. The molecule has 2 aromatic rings. The zero-order valence-electron chi connectivity index (χ0n) is 14.7. The van der Waals surface area contributed by atoms with E-state index in [4.69, 9.17) is 21.4 Å². The number of sulfonamides is 1. The van der Waals surface area contributed by atoms with Gasteiger partial charge in [0.2, 0.25) is 5.88 Å². The molecule has 2 N–H and O–H groups in total. The number of hydrogen-bond acceptors (Lipinski definition) is 8. The average molecular weight is 467 g/mol. The maximum atomic E-state index is 12.7. The number of aliphatic hydroxyl groups is 1. The lowest BCUT2D eigenvalue weighted by Crippen LogP contribution is -2.24. The lowest BCUT2D eigenvalue weighted by Gasteiger charge is -2.16. The molecule has 30 heavy (non-hydrogen) atoms. The Labute approximate surface area is 172 Å². The number of pyridine rings is 1. The Bertz CT molecular complexity index is 1090. The van der Waals surface area contributed by atoms with Crippen molar-refractivity contribution in [3.05, 3.63) is 41.0 Å². The summed E-state index contributed by atoms with van der Waals surface area (Å²) in [7, 11) is -4.63. The van der Waals surface area contributed by atoms with Gasteiger partial charge in [-0.25, -0.2) is 13.4 Å². The summed E-state index contributed by atoms with van der Waals surface area (Å²) < 4.78 is 74.2. The zero-order chi connectivity index (χ0) is 22.1. The predicted octanol–water partition coefficient (Wildman–Crippen LogP) is 1.29. The fraction of sp³-hybridized carbons (Fsp3) is 0.250. The third kappa shape index (κ3) is 5.04. The van der Waals surface area contributed by atoms with Crippen molar-refractivity contribution >= 4 is 33.2 Å². The number of anilines is 1. The first-order chi connectivity index (χ1) is 14.0. The fourth-order valence-electron chi connectivity index (χ4n) is 2.43. The molecule has 0 fully saturated rings. The number of fused-ring (bicyclic) bond motifs is 1. The van der Waals surface area contributed by atoms with Gasteiger partial charge in [0.05, 0.1) is 18.5 Å². The van der Waals surface area contributed by atoms with Crippen LogP contribution in [0.15, 0.2) is 40.4 Å². The molecule has 0 bridgehead atoms. The van der Waals surface area contributed by atoms with Crippen LogP contribution in [-0.4, -0.2) is 50.0 Å². The third-order valence-corrected chi connectivity index (χ3v) is 5.32. The van der Waals surface area contributed by atoms with E-state index in [1.54, 1.807) is 0 Å². The van der Waals surface area contributed by atoms with Crippen molar-refractivity contribution < 1.29 is 41.3 Å². The molecule has 0 unspecified atom stereocenters. The molecule has 0 radical (unpaired) electrons. The largest absolute Gasteiger partial charge is 0.858 e. The molecule has 1 aliphatic rings. The lowest BCUT2D eigenvalue weighted by atomic mass is 10.2. The van der Waals surface area contributed by atoms with Crippen molar-refractivity contribution in [3.63, 3.8) is 0 Å². The topological polar surface area (TPSA) is 133 Å². The van der Waals surface area contributed by atoms with Gasteiger partial charge in [-0.15, -0.1) is 13.2 Å². The van der Waals surface area contributed by atoms with E-state index in [1.807, 2.05) is 4.72 Å². The Morgan fingerprint density at radius 3 is 2.77 bits per heavy atom. The summed E-state index contributed by atoms with van der Waals surface area (Å²) in [6.45, 7) is -0.566. The van der Waals surface area contributed by atoms with Gasteiger partial charge in [-0.2, -0.15) is 0 Å². The number of halogens is 4. The fourth-order valence-corrected chi connectivity index (χ4v) is 3.85. The number of nitrogens with one attached hydrogen (secondary N) is 1. The van der Waals surface area contributed by atoms with E-state index in [2.05, 4.69) is 14.7 Å². The van der Waals surface area contributed by atoms with Crippen LogP contribution in [0.25, 0.3) is 0 Å². The van der Waals surface area contributed by atoms with Crippen molar-refractivity contribution in [2.75, 3.05) is 17.9 Å². The van der Waals surface area contributed by atoms with Gasteiger partial charge in [0.25, 0.3) is 10.0 Å². The monoisotopic (exact) mass is 466 g/mol. The quantitative estimate of drug-likeness (QED) is 0.678. The minimum Gasteiger partial charge on any atom is -0.858 e. The Balaban J connectivity index is 1.97. The summed E-state index contributed by atoms with van der Waals surface area (Å²) in [6, 6.07) is 2.80. The Hall–Kier alpha value is -2.77. The molecule has 1 aromatic carbocycles. The van der Waals surface area contributed by atoms with Gasteiger partial charge in [-0.05, 0) is 30.2 Å². The second-order valence-corrected chi connectivity index (χ2v) is 7.99. The van der Waals surface area contributed by atoms with Gasteiger partial charge in [-0.1, -0.05) is 11.6 Å². The molecule has 0 saturated carbocycles. The smallest absolute Gasteiger partial charge is 0.573 e. The summed E-state index contributed by atoms with van der Waals surface area (Å²) in [5.74, 6) is -1.94. The first kappa shape index (κ1) is 21.9. The van der Waals surface area contributed by atoms with Crippen LogP contribution in [0.4, 0.5) is 18.9 Å². The number of aromatic nitrogens is 1. The van der Waals surface area contributed by atoms with Crippen LogP contribution >= 0.6 is 11.6 Å². The molecule has 0 amide bonds. The standard InChI is InChI=1S/C16H13ClF3N3O6S/c17-8-1-2-12(29-16(18,19)20)13(3-8)30(26,27)23-9-4-11-14(25)22-10(6-24)7-28-15(11)21-5-9/h1-5,10,23-24H,6-7H2,(H,22,25)/p-1/t10-/m0/s1. The molecule has 162 valence electrons. The molecular formula is C16H12ClF3N3O6S-. The van der Waals surface area contributed by atoms with E-state index in [-0.39, 0.29) is 28.8 Å². The minimum atomic E-state index is -5.14. The first-order valence-electron chi connectivity index (χ1n) is 8.05. The average Bonchev–Trinajstić information content (AvgIpc) is 2.80. The molecule has 1 atom stereocenters. The number of aliphatic hydroxyl groups excluding tert-OH is 1. The molecule has 3 rings (SSSR count). The number of ether oxygens (including phenoxy) is 2. The normalized spacial score (nSPS) is 16.7. The number of nitrogens with zero attached hydrogens (tertiary/aromatic N) is 2. The lowest BCUT2D eigenvalue weighted by molar-refractivity contribution is -0.275. The summed E-state index contributed by atoms with van der Waals surface area (Å²) in [5.41, 5.74) is -0.440. The van der Waals surface area contributed by atoms with E-state index < -0.39 is 45.6 Å². The van der Waals surface area contributed by atoms with Gasteiger partial charge in [0.1, 0.15) is 23.3 Å². The Morgan fingerprint density at radius 1 is 1.37 bits per heavy atom. The highest BCUT2D eigenvalue weighted by Crippen LogP contribution is 2.33. The summed E-state index contributed by atoms with van der Waals surface area (Å²) in [5, 5.41) is 21.2. The number of rotatable bonds is 5. The number of aliphatic imine (C=N–C) groups is 1. The first-order valence-corrected chi connectivity index (χ1v) is 9.91. The summed E-state index contributed by atoms with van der Waals surface area (Å²) >= 11 is 5.72. The SMILES string of the molecule is O=S(=O)(Nc1cnc2c(c1)C([O-])=N[C@@H](CO)CO2)c1cc(Cl)ccc1OC(F)(F)F. The molecule has 2 heterocycles. The van der Waals surface area contributed by atoms with Crippen molar-refractivity contribution in [3.8, 4) is 11.6 Å². The second kappa shape index (κ2) is 8.16. The van der Waals surface area contributed by atoms with Gasteiger partial charge in [0, 0.05) is 10.6 Å². The summed E-state index contributed by atoms with van der Waals surface area (Å²) in [4.78, 5) is 6.65. The Morgan fingerprint density at radius 2 is 2.10 bits per heavy atom. The number of hydrogen-bond donors (Lipinski definition) is 2. The molecule has 0 spiro atoms. The number of alkyl halides is 3. The molecule has 0 saturated heterocycles. The highest BCUT2D eigenvalue weighted by atomic mass is 35.5. The molecular weight excluding hydrogens is 455 g/mol. The van der Waals surface area contributed by atoms with Gasteiger partial charge < -0.3 is 19.7 Å². The van der Waals surface area contributed by atoms with Crippen molar-refractivity contribution in [1.82, 2.24) is 4.98 Å². The van der Waals surface area contributed by atoms with E-state index in [0.717, 1.165) is 30.5 Å². The maximum Gasteiger partial charge on any atom is 0.573 e.